The number of nitrogen functional groups attached to an aromatic ring is 1. The van der Waals surface area contributed by atoms with Gasteiger partial charge in [0.1, 0.15) is 5.84 Å². The average molecular weight is 219 g/mol. The van der Waals surface area contributed by atoms with Crippen LogP contribution in [0, 0.1) is 5.41 Å². The van der Waals surface area contributed by atoms with Gasteiger partial charge in [0.2, 0.25) is 0 Å². The van der Waals surface area contributed by atoms with E-state index in [0.717, 1.165) is 10.1 Å². The highest BCUT2D eigenvalue weighted by atomic mass is 32.1. The number of amides is 1. The van der Waals surface area contributed by atoms with Gasteiger partial charge in [-0.15, -0.1) is 11.3 Å². The summed E-state index contributed by atoms with van der Waals surface area (Å²) in [4.78, 5) is 11.5. The minimum absolute atomic E-state index is 0.0194. The van der Waals surface area contributed by atoms with Crippen LogP contribution in [0.5, 0.6) is 0 Å². The van der Waals surface area contributed by atoms with E-state index in [1.54, 1.807) is 18.2 Å². The van der Waals surface area contributed by atoms with Crippen LogP contribution in [-0.2, 0) is 0 Å². The molecular formula is C10H9N3OS. The molecule has 4 nitrogen and oxygen atoms in total. The molecule has 0 atom stereocenters. The third kappa shape index (κ3) is 1.69. The summed E-state index contributed by atoms with van der Waals surface area (Å²) in [5, 5.41) is 8.24. The van der Waals surface area contributed by atoms with Gasteiger partial charge in [-0.25, -0.2) is 0 Å². The molecule has 0 fully saturated rings. The standard InChI is InChI=1S/C10H9N3OS/c11-9(12)6-2-1-5-3-8(10(13)14)15-7(5)4-6/h1-4H,(H3,11,12)(H2,13,14). The Morgan fingerprint density at radius 1 is 1.27 bits per heavy atom. The molecule has 2 rings (SSSR count). The molecule has 0 bridgehead atoms. The van der Waals surface area contributed by atoms with E-state index < -0.39 is 5.91 Å². The maximum atomic E-state index is 11.0. The second-order valence-electron chi connectivity index (χ2n) is 3.14. The first-order valence-corrected chi connectivity index (χ1v) is 5.07. The molecule has 0 spiro atoms. The number of thiophene rings is 1. The summed E-state index contributed by atoms with van der Waals surface area (Å²) in [6, 6.07) is 7.11. The van der Waals surface area contributed by atoms with Gasteiger partial charge in [-0.3, -0.25) is 10.2 Å². The Morgan fingerprint density at radius 2 is 2.00 bits per heavy atom. The Balaban J connectivity index is 2.62. The lowest BCUT2D eigenvalue weighted by Crippen LogP contribution is -2.10. The Hall–Kier alpha value is -1.88. The van der Waals surface area contributed by atoms with Crippen LogP contribution in [0.25, 0.3) is 10.1 Å². The van der Waals surface area contributed by atoms with Gasteiger partial charge in [0.05, 0.1) is 4.88 Å². The van der Waals surface area contributed by atoms with E-state index in [1.165, 1.54) is 11.3 Å². The first-order chi connectivity index (χ1) is 7.08. The van der Waals surface area contributed by atoms with Crippen molar-refractivity contribution in [1.29, 1.82) is 5.41 Å². The van der Waals surface area contributed by atoms with Crippen molar-refractivity contribution >= 4 is 33.2 Å². The first kappa shape index (κ1) is 9.67. The van der Waals surface area contributed by atoms with E-state index in [-0.39, 0.29) is 5.84 Å². The number of rotatable bonds is 2. The molecule has 0 unspecified atom stereocenters. The van der Waals surface area contributed by atoms with Crippen molar-refractivity contribution in [2.24, 2.45) is 11.5 Å². The fourth-order valence-corrected chi connectivity index (χ4v) is 2.27. The predicted molar refractivity (Wildman–Crippen MR) is 61.4 cm³/mol. The van der Waals surface area contributed by atoms with Crippen LogP contribution in [0.4, 0.5) is 0 Å². The van der Waals surface area contributed by atoms with Gasteiger partial charge in [0.25, 0.3) is 5.91 Å². The lowest BCUT2D eigenvalue weighted by Gasteiger charge is -1.96. The molecule has 1 amide bonds. The van der Waals surface area contributed by atoms with Crippen LogP contribution in [0.3, 0.4) is 0 Å². The van der Waals surface area contributed by atoms with Gasteiger partial charge >= 0.3 is 0 Å². The first-order valence-electron chi connectivity index (χ1n) is 4.26. The minimum atomic E-state index is -0.430. The number of benzene rings is 1. The monoisotopic (exact) mass is 219 g/mol. The van der Waals surface area contributed by atoms with Gasteiger partial charge in [0, 0.05) is 10.3 Å². The van der Waals surface area contributed by atoms with Crippen molar-refractivity contribution in [3.8, 4) is 0 Å². The van der Waals surface area contributed by atoms with Crippen LogP contribution in [0.2, 0.25) is 0 Å². The molecule has 5 N–H and O–H groups in total. The summed E-state index contributed by atoms with van der Waals surface area (Å²) in [5.74, 6) is -0.411. The number of carbonyl (C=O) groups excluding carboxylic acids is 1. The molecule has 2 aromatic rings. The van der Waals surface area contributed by atoms with Crippen LogP contribution in [-0.4, -0.2) is 11.7 Å². The van der Waals surface area contributed by atoms with Crippen LogP contribution in [0.1, 0.15) is 15.2 Å². The third-order valence-corrected chi connectivity index (χ3v) is 3.19. The fraction of sp³-hybridized carbons (Fsp3) is 0. The quantitative estimate of drug-likeness (QED) is 0.524. The number of nitrogens with one attached hydrogen (secondary N) is 1. The molecule has 0 saturated heterocycles. The summed E-state index contributed by atoms with van der Waals surface area (Å²) in [7, 11) is 0. The van der Waals surface area contributed by atoms with E-state index in [9.17, 15) is 4.79 Å². The number of primary amides is 1. The number of carbonyl (C=O) groups is 1. The van der Waals surface area contributed by atoms with E-state index in [2.05, 4.69) is 0 Å². The largest absolute Gasteiger partial charge is 0.384 e. The second kappa shape index (κ2) is 3.36. The van der Waals surface area contributed by atoms with Gasteiger partial charge < -0.3 is 11.5 Å². The van der Waals surface area contributed by atoms with Crippen molar-refractivity contribution in [3.63, 3.8) is 0 Å². The normalized spacial score (nSPS) is 10.4. The zero-order valence-corrected chi connectivity index (χ0v) is 8.60. The lowest BCUT2D eigenvalue weighted by molar-refractivity contribution is 0.100. The van der Waals surface area contributed by atoms with Crippen LogP contribution >= 0.6 is 11.3 Å². The van der Waals surface area contributed by atoms with Gasteiger partial charge in [0.15, 0.2) is 0 Å². The smallest absolute Gasteiger partial charge is 0.258 e. The number of nitrogens with two attached hydrogens (primary N) is 2. The summed E-state index contributed by atoms with van der Waals surface area (Å²) in [6.07, 6.45) is 0. The van der Waals surface area contributed by atoms with Crippen LogP contribution in [0.15, 0.2) is 24.3 Å². The summed E-state index contributed by atoms with van der Waals surface area (Å²) in [6.45, 7) is 0. The molecule has 1 aromatic heterocycles. The van der Waals surface area contributed by atoms with Crippen LogP contribution < -0.4 is 11.5 Å². The molecule has 0 radical (unpaired) electrons. The molecule has 0 aliphatic heterocycles. The SMILES string of the molecule is N=C(N)c1ccc2cc(C(N)=O)sc2c1. The lowest BCUT2D eigenvalue weighted by atomic mass is 10.1. The van der Waals surface area contributed by atoms with E-state index in [0.29, 0.717) is 10.4 Å². The summed E-state index contributed by atoms with van der Waals surface area (Å²) < 4.78 is 0.913. The molecule has 0 aliphatic carbocycles. The van der Waals surface area contributed by atoms with Gasteiger partial charge in [-0.05, 0) is 17.5 Å². The number of hydrogen-bond donors (Lipinski definition) is 3. The number of amidine groups is 1. The Kier molecular flexibility index (Phi) is 2.17. The highest BCUT2D eigenvalue weighted by molar-refractivity contribution is 7.20. The number of hydrogen-bond acceptors (Lipinski definition) is 3. The molecule has 76 valence electrons. The van der Waals surface area contributed by atoms with Crippen molar-refractivity contribution < 1.29 is 4.79 Å². The summed E-state index contributed by atoms with van der Waals surface area (Å²) in [5.41, 5.74) is 11.2. The topological polar surface area (TPSA) is 93.0 Å². The highest BCUT2D eigenvalue weighted by Crippen LogP contribution is 2.26. The molecule has 5 heteroatoms. The molecule has 0 saturated carbocycles. The summed E-state index contributed by atoms with van der Waals surface area (Å²) >= 11 is 1.31. The molecule has 0 aliphatic rings. The Bertz CT molecular complexity index is 547. The molecule has 1 heterocycles. The van der Waals surface area contributed by atoms with Gasteiger partial charge in [-0.2, -0.15) is 0 Å². The van der Waals surface area contributed by atoms with Crippen molar-refractivity contribution in [2.75, 3.05) is 0 Å². The molecule has 15 heavy (non-hydrogen) atoms. The Morgan fingerprint density at radius 3 is 2.60 bits per heavy atom. The Labute approximate surface area is 90.0 Å². The number of fused-ring (bicyclic) bond motifs is 1. The molecule has 1 aromatic carbocycles. The minimum Gasteiger partial charge on any atom is -0.384 e. The maximum absolute atomic E-state index is 11.0. The fourth-order valence-electron chi connectivity index (χ4n) is 1.32. The molecular weight excluding hydrogens is 210 g/mol. The van der Waals surface area contributed by atoms with Crippen molar-refractivity contribution in [2.45, 2.75) is 0 Å². The zero-order chi connectivity index (χ0) is 11.0. The van der Waals surface area contributed by atoms with E-state index in [1.807, 2.05) is 6.07 Å². The average Bonchev–Trinajstić information content (AvgIpc) is 2.59. The maximum Gasteiger partial charge on any atom is 0.258 e. The zero-order valence-electron chi connectivity index (χ0n) is 7.78. The predicted octanol–water partition coefficient (Wildman–Crippen LogP) is 1.28. The third-order valence-electron chi connectivity index (χ3n) is 2.07. The second-order valence-corrected chi connectivity index (χ2v) is 4.22. The van der Waals surface area contributed by atoms with E-state index in [4.69, 9.17) is 16.9 Å². The van der Waals surface area contributed by atoms with Gasteiger partial charge in [-0.1, -0.05) is 12.1 Å². The van der Waals surface area contributed by atoms with Crippen molar-refractivity contribution in [1.82, 2.24) is 0 Å². The highest BCUT2D eigenvalue weighted by Gasteiger charge is 2.07. The van der Waals surface area contributed by atoms with Crippen molar-refractivity contribution in [3.05, 3.63) is 34.7 Å². The van der Waals surface area contributed by atoms with E-state index >= 15 is 0 Å².